The minimum Gasteiger partial charge on any atom is -0.508 e. The topological polar surface area (TPSA) is 66.0 Å². The molecular weight excluding hydrogens is 240 g/mol. The Morgan fingerprint density at radius 3 is 2.84 bits per heavy atom. The number of aromatic amines is 1. The number of H-pyrrole nitrogens is 1. The zero-order valence-electron chi connectivity index (χ0n) is 10.3. The lowest BCUT2D eigenvalue weighted by molar-refractivity contribution is 0.471. The number of aryl methyl sites for hydroxylation is 1. The van der Waals surface area contributed by atoms with Crippen LogP contribution >= 0.6 is 0 Å². The second-order valence-electron chi connectivity index (χ2n) is 4.46. The number of aromatic nitrogens is 2. The van der Waals surface area contributed by atoms with Crippen LogP contribution in [0.5, 0.6) is 5.75 Å². The Bertz CT molecular complexity index is 822. The molecule has 0 aliphatic rings. The van der Waals surface area contributed by atoms with Gasteiger partial charge in [0, 0.05) is 23.8 Å². The number of hydrogen-bond donors (Lipinski definition) is 2. The Balaban J connectivity index is 2.30. The quantitative estimate of drug-likeness (QED) is 0.699. The highest BCUT2D eigenvalue weighted by atomic mass is 16.3. The normalized spacial score (nSPS) is 10.8. The van der Waals surface area contributed by atoms with E-state index in [1.165, 1.54) is 6.07 Å². The van der Waals surface area contributed by atoms with Crippen molar-refractivity contribution in [1.29, 1.82) is 0 Å². The summed E-state index contributed by atoms with van der Waals surface area (Å²) in [5.41, 5.74) is 3.26. The van der Waals surface area contributed by atoms with Crippen LogP contribution < -0.4 is 5.56 Å². The number of phenols is 1. The van der Waals surface area contributed by atoms with Gasteiger partial charge in [-0.25, -0.2) is 0 Å². The van der Waals surface area contributed by atoms with Gasteiger partial charge in [-0.3, -0.25) is 9.78 Å². The van der Waals surface area contributed by atoms with Gasteiger partial charge in [0.2, 0.25) is 5.56 Å². The molecular formula is C15H12N2O2. The first-order valence-electron chi connectivity index (χ1n) is 5.92. The summed E-state index contributed by atoms with van der Waals surface area (Å²) >= 11 is 0. The van der Waals surface area contributed by atoms with Crippen molar-refractivity contribution in [1.82, 2.24) is 9.97 Å². The molecule has 0 unspecified atom stereocenters. The Morgan fingerprint density at radius 1 is 1.21 bits per heavy atom. The minimum absolute atomic E-state index is 0.168. The molecule has 1 aromatic carbocycles. The molecule has 4 heteroatoms. The van der Waals surface area contributed by atoms with Crippen molar-refractivity contribution in [3.8, 4) is 16.9 Å². The largest absolute Gasteiger partial charge is 0.508 e. The van der Waals surface area contributed by atoms with Crippen molar-refractivity contribution in [2.24, 2.45) is 0 Å². The van der Waals surface area contributed by atoms with Crippen molar-refractivity contribution in [3.05, 3.63) is 58.6 Å². The molecule has 2 N–H and O–H groups in total. The third-order valence-electron chi connectivity index (χ3n) is 3.16. The maximum atomic E-state index is 11.3. The fraction of sp³-hybridized carbons (Fsp3) is 0.0667. The van der Waals surface area contributed by atoms with Crippen LogP contribution in [0.4, 0.5) is 0 Å². The zero-order chi connectivity index (χ0) is 13.4. The van der Waals surface area contributed by atoms with E-state index in [9.17, 15) is 9.90 Å². The minimum atomic E-state index is -0.168. The van der Waals surface area contributed by atoms with Crippen LogP contribution in [0.25, 0.3) is 22.0 Å². The van der Waals surface area contributed by atoms with Gasteiger partial charge in [0.05, 0.1) is 5.52 Å². The third kappa shape index (κ3) is 1.97. The SMILES string of the molecule is Cc1cc(-c2ccnc3cc(=O)[nH]cc23)ccc1O. The van der Waals surface area contributed by atoms with Crippen LogP contribution in [0.1, 0.15) is 5.56 Å². The molecule has 3 rings (SSSR count). The highest BCUT2D eigenvalue weighted by Gasteiger charge is 2.06. The van der Waals surface area contributed by atoms with E-state index in [1.807, 2.05) is 25.1 Å². The zero-order valence-corrected chi connectivity index (χ0v) is 10.3. The van der Waals surface area contributed by atoms with Gasteiger partial charge in [-0.2, -0.15) is 0 Å². The molecule has 0 saturated carbocycles. The summed E-state index contributed by atoms with van der Waals surface area (Å²) in [6.45, 7) is 1.85. The molecule has 0 amide bonds. The first-order valence-corrected chi connectivity index (χ1v) is 5.92. The molecule has 0 atom stereocenters. The predicted octanol–water partition coefficient (Wildman–Crippen LogP) is 2.60. The summed E-state index contributed by atoms with van der Waals surface area (Å²) in [5, 5.41) is 10.5. The third-order valence-corrected chi connectivity index (χ3v) is 3.16. The molecule has 19 heavy (non-hydrogen) atoms. The molecule has 94 valence electrons. The lowest BCUT2D eigenvalue weighted by Crippen LogP contribution is -2.02. The monoisotopic (exact) mass is 252 g/mol. The summed E-state index contributed by atoms with van der Waals surface area (Å²) in [7, 11) is 0. The molecule has 0 spiro atoms. The molecule has 0 fully saturated rings. The van der Waals surface area contributed by atoms with Crippen molar-refractivity contribution < 1.29 is 5.11 Å². The van der Waals surface area contributed by atoms with E-state index >= 15 is 0 Å². The van der Waals surface area contributed by atoms with Gasteiger partial charge in [-0.1, -0.05) is 6.07 Å². The van der Waals surface area contributed by atoms with E-state index in [-0.39, 0.29) is 11.3 Å². The van der Waals surface area contributed by atoms with Gasteiger partial charge in [0.15, 0.2) is 0 Å². The van der Waals surface area contributed by atoms with Gasteiger partial charge in [-0.05, 0) is 41.8 Å². The lowest BCUT2D eigenvalue weighted by atomic mass is 10.0. The molecule has 0 aliphatic heterocycles. The van der Waals surface area contributed by atoms with Crippen molar-refractivity contribution in [3.63, 3.8) is 0 Å². The summed E-state index contributed by atoms with van der Waals surface area (Å²) in [5.74, 6) is 0.274. The number of aromatic hydroxyl groups is 1. The lowest BCUT2D eigenvalue weighted by Gasteiger charge is -2.07. The van der Waals surface area contributed by atoms with Crippen LogP contribution in [0.3, 0.4) is 0 Å². The summed E-state index contributed by atoms with van der Waals surface area (Å²) in [4.78, 5) is 18.2. The Morgan fingerprint density at radius 2 is 2.05 bits per heavy atom. The fourth-order valence-corrected chi connectivity index (χ4v) is 2.14. The van der Waals surface area contributed by atoms with Gasteiger partial charge >= 0.3 is 0 Å². The molecule has 4 nitrogen and oxygen atoms in total. The smallest absolute Gasteiger partial charge is 0.250 e. The van der Waals surface area contributed by atoms with E-state index in [0.29, 0.717) is 5.52 Å². The molecule has 3 aromatic rings. The molecule has 2 heterocycles. The summed E-state index contributed by atoms with van der Waals surface area (Å²) < 4.78 is 0. The molecule has 0 radical (unpaired) electrons. The second-order valence-corrected chi connectivity index (χ2v) is 4.46. The van der Waals surface area contributed by atoms with Gasteiger partial charge < -0.3 is 10.1 Å². The van der Waals surface area contributed by atoms with E-state index < -0.39 is 0 Å². The van der Waals surface area contributed by atoms with Crippen LogP contribution in [-0.2, 0) is 0 Å². The number of pyridine rings is 2. The van der Waals surface area contributed by atoms with Crippen LogP contribution in [0.15, 0.2) is 47.5 Å². The maximum Gasteiger partial charge on any atom is 0.250 e. The average molecular weight is 252 g/mol. The van der Waals surface area contributed by atoms with Gasteiger partial charge in [0.1, 0.15) is 5.75 Å². The molecule has 0 bridgehead atoms. The first kappa shape index (κ1) is 11.5. The number of rotatable bonds is 1. The van der Waals surface area contributed by atoms with E-state index in [0.717, 1.165) is 22.1 Å². The Kier molecular flexibility index (Phi) is 2.56. The van der Waals surface area contributed by atoms with E-state index in [2.05, 4.69) is 9.97 Å². The number of fused-ring (bicyclic) bond motifs is 1. The van der Waals surface area contributed by atoms with Crippen molar-refractivity contribution >= 4 is 10.9 Å². The van der Waals surface area contributed by atoms with Gasteiger partial charge in [-0.15, -0.1) is 0 Å². The summed E-state index contributed by atoms with van der Waals surface area (Å²) in [6, 6.07) is 8.80. The fourth-order valence-electron chi connectivity index (χ4n) is 2.14. The van der Waals surface area contributed by atoms with Crippen LogP contribution in [0, 0.1) is 6.92 Å². The van der Waals surface area contributed by atoms with Crippen molar-refractivity contribution in [2.75, 3.05) is 0 Å². The van der Waals surface area contributed by atoms with E-state index in [1.54, 1.807) is 18.5 Å². The van der Waals surface area contributed by atoms with Crippen LogP contribution in [-0.4, -0.2) is 15.1 Å². The maximum absolute atomic E-state index is 11.3. The number of benzene rings is 1. The summed E-state index contributed by atoms with van der Waals surface area (Å²) in [6.07, 6.45) is 3.35. The van der Waals surface area contributed by atoms with E-state index in [4.69, 9.17) is 0 Å². The number of nitrogens with zero attached hydrogens (tertiary/aromatic N) is 1. The molecule has 2 aromatic heterocycles. The van der Waals surface area contributed by atoms with Crippen molar-refractivity contribution in [2.45, 2.75) is 6.92 Å². The molecule has 0 saturated heterocycles. The number of phenolic OH excluding ortho intramolecular Hbond substituents is 1. The Hall–Kier alpha value is -2.62. The Labute approximate surface area is 109 Å². The first-order chi connectivity index (χ1) is 9.15. The highest BCUT2D eigenvalue weighted by Crippen LogP contribution is 2.29. The van der Waals surface area contributed by atoms with Crippen LogP contribution in [0.2, 0.25) is 0 Å². The standard InChI is InChI=1S/C15H12N2O2/c1-9-6-10(2-3-14(9)18)11-4-5-16-13-7-15(19)17-8-12(11)13/h2-8,18H,1H3,(H,17,19). The second kappa shape index (κ2) is 4.24. The van der Waals surface area contributed by atoms with Gasteiger partial charge in [0.25, 0.3) is 0 Å². The highest BCUT2D eigenvalue weighted by molar-refractivity contribution is 5.93. The average Bonchev–Trinajstić information content (AvgIpc) is 2.41. The molecule has 0 aliphatic carbocycles. The number of hydrogen-bond acceptors (Lipinski definition) is 3. The number of nitrogens with one attached hydrogen (secondary N) is 1. The predicted molar refractivity (Wildman–Crippen MR) is 74.2 cm³/mol.